The SMILES string of the molecule is CC(C)CC(C(=O)O)N1C(=O)/C(=C\c2ccc(-c3c(Cl)cccc3Cl)o2)SC1=S. The van der Waals surface area contributed by atoms with Gasteiger partial charge < -0.3 is 9.52 Å². The van der Waals surface area contributed by atoms with Crippen molar-refractivity contribution < 1.29 is 19.1 Å². The zero-order valence-electron chi connectivity index (χ0n) is 15.5. The first-order valence-corrected chi connectivity index (χ1v) is 10.7. The van der Waals surface area contributed by atoms with Gasteiger partial charge in [-0.05, 0) is 36.6 Å². The number of hydrogen-bond acceptors (Lipinski definition) is 5. The number of rotatable bonds is 6. The van der Waals surface area contributed by atoms with Gasteiger partial charge in [0.25, 0.3) is 5.91 Å². The molecule has 1 N–H and O–H groups in total. The maximum absolute atomic E-state index is 12.8. The summed E-state index contributed by atoms with van der Waals surface area (Å²) in [6, 6.07) is 7.54. The first kappa shape index (κ1) is 21.9. The van der Waals surface area contributed by atoms with E-state index in [0.29, 0.717) is 38.5 Å². The van der Waals surface area contributed by atoms with Crippen molar-refractivity contribution in [3.05, 3.63) is 51.0 Å². The first-order chi connectivity index (χ1) is 13.7. The summed E-state index contributed by atoms with van der Waals surface area (Å²) in [6.45, 7) is 3.79. The fraction of sp³-hybridized carbons (Fsp3) is 0.250. The normalized spacial score (nSPS) is 16.9. The lowest BCUT2D eigenvalue weighted by molar-refractivity contribution is -0.145. The van der Waals surface area contributed by atoms with Crippen LogP contribution >= 0.6 is 47.2 Å². The van der Waals surface area contributed by atoms with Crippen molar-refractivity contribution in [2.75, 3.05) is 0 Å². The van der Waals surface area contributed by atoms with Gasteiger partial charge in [0.1, 0.15) is 21.9 Å². The summed E-state index contributed by atoms with van der Waals surface area (Å²) in [4.78, 5) is 26.0. The zero-order valence-corrected chi connectivity index (χ0v) is 18.7. The third-order valence-electron chi connectivity index (χ3n) is 4.22. The van der Waals surface area contributed by atoms with Gasteiger partial charge in [-0.2, -0.15) is 0 Å². The summed E-state index contributed by atoms with van der Waals surface area (Å²) in [5.74, 6) is -0.554. The van der Waals surface area contributed by atoms with Gasteiger partial charge in [0.2, 0.25) is 0 Å². The van der Waals surface area contributed by atoms with Crippen LogP contribution in [-0.4, -0.2) is 32.2 Å². The Morgan fingerprint density at radius 1 is 1.28 bits per heavy atom. The first-order valence-electron chi connectivity index (χ1n) is 8.73. The second-order valence-electron chi connectivity index (χ2n) is 6.83. The number of furan rings is 1. The number of thioether (sulfide) groups is 1. The molecule has 29 heavy (non-hydrogen) atoms. The van der Waals surface area contributed by atoms with Crippen LogP contribution in [0.25, 0.3) is 17.4 Å². The number of amides is 1. The third-order valence-corrected chi connectivity index (χ3v) is 6.18. The second-order valence-corrected chi connectivity index (χ2v) is 9.32. The number of aliphatic carboxylic acids is 1. The van der Waals surface area contributed by atoms with Gasteiger partial charge in [0.05, 0.1) is 20.5 Å². The van der Waals surface area contributed by atoms with Gasteiger partial charge in [-0.1, -0.05) is 67.1 Å². The number of nitrogens with zero attached hydrogens (tertiary/aromatic N) is 1. The van der Waals surface area contributed by atoms with E-state index in [1.165, 1.54) is 4.90 Å². The molecule has 0 saturated carbocycles. The quantitative estimate of drug-likeness (QED) is 0.415. The van der Waals surface area contributed by atoms with Crippen LogP contribution in [0, 0.1) is 5.92 Å². The summed E-state index contributed by atoms with van der Waals surface area (Å²) in [7, 11) is 0. The van der Waals surface area contributed by atoms with E-state index in [4.69, 9.17) is 39.8 Å². The van der Waals surface area contributed by atoms with E-state index in [0.717, 1.165) is 11.8 Å². The topological polar surface area (TPSA) is 70.8 Å². The molecule has 1 aliphatic rings. The van der Waals surface area contributed by atoms with Gasteiger partial charge in [-0.15, -0.1) is 0 Å². The Bertz CT molecular complexity index is 995. The van der Waals surface area contributed by atoms with Crippen LogP contribution < -0.4 is 0 Å². The molecule has 1 unspecified atom stereocenters. The fourth-order valence-electron chi connectivity index (χ4n) is 2.94. The Morgan fingerprint density at radius 3 is 2.52 bits per heavy atom. The molecular formula is C20H17Cl2NO4S2. The van der Waals surface area contributed by atoms with Crippen molar-refractivity contribution in [3.8, 4) is 11.3 Å². The number of hydrogen-bond donors (Lipinski definition) is 1. The number of carbonyl (C=O) groups is 2. The van der Waals surface area contributed by atoms with Crippen molar-refractivity contribution in [2.45, 2.75) is 26.3 Å². The molecule has 1 aromatic carbocycles. The molecule has 152 valence electrons. The van der Waals surface area contributed by atoms with Crippen molar-refractivity contribution in [1.29, 1.82) is 0 Å². The lowest BCUT2D eigenvalue weighted by Crippen LogP contribution is -2.44. The summed E-state index contributed by atoms with van der Waals surface area (Å²) in [6.07, 6.45) is 1.85. The highest BCUT2D eigenvalue weighted by molar-refractivity contribution is 8.26. The Kier molecular flexibility index (Phi) is 6.73. The number of benzene rings is 1. The number of halogens is 2. The smallest absolute Gasteiger partial charge is 0.326 e. The number of carbonyl (C=O) groups excluding carboxylic acids is 1. The number of carboxylic acid groups (broad SMARTS) is 1. The highest BCUT2D eigenvalue weighted by Gasteiger charge is 2.40. The van der Waals surface area contributed by atoms with Crippen LogP contribution in [0.15, 0.2) is 39.7 Å². The van der Waals surface area contributed by atoms with E-state index in [1.54, 1.807) is 36.4 Å². The van der Waals surface area contributed by atoms with Crippen molar-refractivity contribution in [2.24, 2.45) is 5.92 Å². The summed E-state index contributed by atoms with van der Waals surface area (Å²) in [5, 5.41) is 10.4. The molecule has 1 saturated heterocycles. The predicted molar refractivity (Wildman–Crippen MR) is 120 cm³/mol. The molecule has 9 heteroatoms. The van der Waals surface area contributed by atoms with E-state index in [-0.39, 0.29) is 10.2 Å². The van der Waals surface area contributed by atoms with E-state index in [2.05, 4.69) is 0 Å². The second kappa shape index (κ2) is 8.92. The molecule has 1 amide bonds. The van der Waals surface area contributed by atoms with Crippen LogP contribution in [-0.2, 0) is 9.59 Å². The lowest BCUT2D eigenvalue weighted by Gasteiger charge is -2.24. The van der Waals surface area contributed by atoms with Crippen molar-refractivity contribution in [3.63, 3.8) is 0 Å². The molecular weight excluding hydrogens is 453 g/mol. The van der Waals surface area contributed by atoms with Gasteiger partial charge in [-0.3, -0.25) is 9.69 Å². The zero-order chi connectivity index (χ0) is 21.3. The Hall–Kier alpha value is -1.80. The van der Waals surface area contributed by atoms with Gasteiger partial charge >= 0.3 is 5.97 Å². The molecule has 1 atom stereocenters. The minimum atomic E-state index is -1.08. The number of thiocarbonyl (C=S) groups is 1. The highest BCUT2D eigenvalue weighted by Crippen LogP contribution is 2.38. The molecule has 1 aromatic heterocycles. The molecule has 1 fully saturated rings. The Morgan fingerprint density at radius 2 is 1.93 bits per heavy atom. The molecule has 0 aliphatic carbocycles. The molecule has 2 heterocycles. The molecule has 1 aliphatic heterocycles. The van der Waals surface area contributed by atoms with E-state index >= 15 is 0 Å². The molecule has 5 nitrogen and oxygen atoms in total. The van der Waals surface area contributed by atoms with E-state index < -0.39 is 17.9 Å². The largest absolute Gasteiger partial charge is 0.480 e. The summed E-state index contributed by atoms with van der Waals surface area (Å²) < 4.78 is 6.01. The highest BCUT2D eigenvalue weighted by atomic mass is 35.5. The Balaban J connectivity index is 1.89. The average Bonchev–Trinajstić information content (AvgIpc) is 3.18. The Labute approximate surface area is 187 Å². The molecule has 2 aromatic rings. The van der Waals surface area contributed by atoms with Crippen molar-refractivity contribution in [1.82, 2.24) is 4.90 Å². The molecule has 0 radical (unpaired) electrons. The van der Waals surface area contributed by atoms with Crippen LogP contribution in [0.1, 0.15) is 26.0 Å². The standard InChI is InChI=1S/C20H17Cl2NO4S2/c1-10(2)8-14(19(25)26)23-18(24)16(29-20(23)28)9-11-6-7-15(27-11)17-12(21)4-3-5-13(17)22/h3-7,9-10,14H,8H2,1-2H3,(H,25,26)/b16-9+. The monoisotopic (exact) mass is 469 g/mol. The predicted octanol–water partition coefficient (Wildman–Crippen LogP) is 5.95. The van der Waals surface area contributed by atoms with Crippen LogP contribution in [0.5, 0.6) is 0 Å². The van der Waals surface area contributed by atoms with E-state index in [1.807, 2.05) is 13.8 Å². The van der Waals surface area contributed by atoms with Crippen LogP contribution in [0.3, 0.4) is 0 Å². The summed E-state index contributed by atoms with van der Waals surface area (Å²) >= 11 is 18.8. The summed E-state index contributed by atoms with van der Waals surface area (Å²) in [5.41, 5.74) is 0.561. The molecule has 0 spiro atoms. The van der Waals surface area contributed by atoms with Gasteiger partial charge in [0, 0.05) is 6.08 Å². The minimum absolute atomic E-state index is 0.0951. The van der Waals surface area contributed by atoms with Crippen LogP contribution in [0.4, 0.5) is 0 Å². The molecule has 3 rings (SSSR count). The fourth-order valence-corrected chi connectivity index (χ4v) is 4.86. The molecule has 0 bridgehead atoms. The van der Waals surface area contributed by atoms with Gasteiger partial charge in [0.15, 0.2) is 0 Å². The average molecular weight is 470 g/mol. The van der Waals surface area contributed by atoms with E-state index in [9.17, 15) is 14.7 Å². The minimum Gasteiger partial charge on any atom is -0.480 e. The maximum Gasteiger partial charge on any atom is 0.326 e. The lowest BCUT2D eigenvalue weighted by atomic mass is 10.0. The third kappa shape index (κ3) is 4.69. The van der Waals surface area contributed by atoms with Gasteiger partial charge in [-0.25, -0.2) is 4.79 Å². The number of carboxylic acids is 1. The maximum atomic E-state index is 12.8. The van der Waals surface area contributed by atoms with Crippen LogP contribution in [0.2, 0.25) is 10.0 Å². The van der Waals surface area contributed by atoms with Crippen molar-refractivity contribution >= 4 is 69.5 Å².